The summed E-state index contributed by atoms with van der Waals surface area (Å²) in [5.74, 6) is -4.59. The summed E-state index contributed by atoms with van der Waals surface area (Å²) in [4.78, 5) is 35.5. The molecule has 0 aromatic heterocycles. The first-order chi connectivity index (χ1) is 12.4. The van der Waals surface area contributed by atoms with Gasteiger partial charge in [-0.25, -0.2) is 4.79 Å². The van der Waals surface area contributed by atoms with Gasteiger partial charge < -0.3 is 4.74 Å². The molecule has 0 fully saturated rings. The number of hydrogen-bond acceptors (Lipinski definition) is 5. The minimum absolute atomic E-state index is 0.0315. The second kappa shape index (κ2) is 9.67. The van der Waals surface area contributed by atoms with Crippen LogP contribution in [-0.4, -0.2) is 30.1 Å². The van der Waals surface area contributed by atoms with Crippen LogP contribution in [0, 0.1) is 0 Å². The SMILES string of the molecule is O=C(COC(=O)c1ccc(SC(F)F)cc1)NC(=O)Cc1ccccc1. The molecule has 8 heteroatoms. The number of esters is 1. The molecule has 2 amide bonds. The topological polar surface area (TPSA) is 72.5 Å². The predicted octanol–water partition coefficient (Wildman–Crippen LogP) is 3.04. The number of halogens is 2. The van der Waals surface area contributed by atoms with Gasteiger partial charge in [-0.1, -0.05) is 42.1 Å². The number of carbonyl (C=O) groups is 3. The minimum Gasteiger partial charge on any atom is -0.452 e. The maximum atomic E-state index is 12.2. The van der Waals surface area contributed by atoms with Crippen LogP contribution < -0.4 is 5.32 Å². The molecule has 0 atom stereocenters. The van der Waals surface area contributed by atoms with Crippen LogP contribution in [0.4, 0.5) is 8.78 Å². The van der Waals surface area contributed by atoms with E-state index in [2.05, 4.69) is 5.32 Å². The number of amides is 2. The van der Waals surface area contributed by atoms with E-state index < -0.39 is 30.1 Å². The van der Waals surface area contributed by atoms with Crippen molar-refractivity contribution in [1.29, 1.82) is 0 Å². The molecule has 2 aromatic carbocycles. The molecule has 0 heterocycles. The van der Waals surface area contributed by atoms with Crippen molar-refractivity contribution in [3.05, 3.63) is 65.7 Å². The molecule has 26 heavy (non-hydrogen) atoms. The summed E-state index contributed by atoms with van der Waals surface area (Å²) in [5, 5.41) is 2.12. The zero-order chi connectivity index (χ0) is 18.9. The van der Waals surface area contributed by atoms with Gasteiger partial charge in [0.2, 0.25) is 5.91 Å². The highest BCUT2D eigenvalue weighted by Crippen LogP contribution is 2.25. The fraction of sp³-hybridized carbons (Fsp3) is 0.167. The summed E-state index contributed by atoms with van der Waals surface area (Å²) in [6, 6.07) is 14.2. The zero-order valence-electron chi connectivity index (χ0n) is 13.5. The fourth-order valence-electron chi connectivity index (χ4n) is 2.00. The van der Waals surface area contributed by atoms with Crippen LogP contribution in [0.1, 0.15) is 15.9 Å². The van der Waals surface area contributed by atoms with Crippen molar-refractivity contribution < 1.29 is 27.9 Å². The van der Waals surface area contributed by atoms with E-state index in [1.165, 1.54) is 24.3 Å². The van der Waals surface area contributed by atoms with Crippen LogP contribution in [-0.2, 0) is 20.7 Å². The quantitative estimate of drug-likeness (QED) is 0.591. The molecule has 1 N–H and O–H groups in total. The second-order valence-corrected chi connectivity index (χ2v) is 6.18. The van der Waals surface area contributed by atoms with Crippen molar-refractivity contribution >= 4 is 29.5 Å². The molecule has 0 aliphatic rings. The summed E-state index contributed by atoms with van der Waals surface area (Å²) in [7, 11) is 0. The Morgan fingerprint density at radius 1 is 0.962 bits per heavy atom. The summed E-state index contributed by atoms with van der Waals surface area (Å²) >= 11 is 0.357. The third-order valence-corrected chi connectivity index (χ3v) is 3.86. The first-order valence-electron chi connectivity index (χ1n) is 7.52. The van der Waals surface area contributed by atoms with Gasteiger partial charge in [0, 0.05) is 4.90 Å². The molecular formula is C18H15F2NO4S. The van der Waals surface area contributed by atoms with Crippen molar-refractivity contribution in [1.82, 2.24) is 5.32 Å². The normalized spacial score (nSPS) is 10.4. The van der Waals surface area contributed by atoms with E-state index in [1.54, 1.807) is 24.3 Å². The van der Waals surface area contributed by atoms with Crippen molar-refractivity contribution in [2.24, 2.45) is 0 Å². The van der Waals surface area contributed by atoms with E-state index in [0.717, 1.165) is 5.56 Å². The summed E-state index contributed by atoms with van der Waals surface area (Å²) < 4.78 is 29.3. The Bertz CT molecular complexity index is 767. The fourth-order valence-corrected chi connectivity index (χ4v) is 2.50. The third kappa shape index (κ3) is 6.64. The van der Waals surface area contributed by atoms with Gasteiger partial charge in [0.15, 0.2) is 6.61 Å². The number of imide groups is 1. The predicted molar refractivity (Wildman–Crippen MR) is 91.9 cm³/mol. The van der Waals surface area contributed by atoms with Crippen LogP contribution in [0.5, 0.6) is 0 Å². The van der Waals surface area contributed by atoms with Gasteiger partial charge in [0.25, 0.3) is 11.7 Å². The van der Waals surface area contributed by atoms with Gasteiger partial charge in [-0.05, 0) is 29.8 Å². The smallest absolute Gasteiger partial charge is 0.338 e. The van der Waals surface area contributed by atoms with Crippen LogP contribution in [0.15, 0.2) is 59.5 Å². The van der Waals surface area contributed by atoms with Gasteiger partial charge in [-0.2, -0.15) is 8.78 Å². The number of ether oxygens (including phenoxy) is 1. The molecule has 5 nitrogen and oxygen atoms in total. The van der Waals surface area contributed by atoms with Gasteiger partial charge in [0.05, 0.1) is 12.0 Å². The lowest BCUT2D eigenvalue weighted by Gasteiger charge is -2.07. The van der Waals surface area contributed by atoms with Crippen molar-refractivity contribution in [3.63, 3.8) is 0 Å². The number of nitrogens with one attached hydrogen (secondary N) is 1. The molecule has 0 bridgehead atoms. The molecule has 0 aliphatic heterocycles. The van der Waals surface area contributed by atoms with E-state index in [1.807, 2.05) is 6.07 Å². The lowest BCUT2D eigenvalue weighted by atomic mass is 10.1. The third-order valence-electron chi connectivity index (χ3n) is 3.14. The summed E-state index contributed by atoms with van der Waals surface area (Å²) in [6.45, 7) is -0.618. The standard InChI is InChI=1S/C18H15F2NO4S/c19-18(20)26-14-8-6-13(7-9-14)17(24)25-11-16(23)21-15(22)10-12-4-2-1-3-5-12/h1-9,18H,10-11H2,(H,21,22,23). The molecule has 0 radical (unpaired) electrons. The van der Waals surface area contributed by atoms with Crippen LogP contribution in [0.2, 0.25) is 0 Å². The zero-order valence-corrected chi connectivity index (χ0v) is 14.3. The molecule has 0 aliphatic carbocycles. The molecule has 0 spiro atoms. The monoisotopic (exact) mass is 379 g/mol. The molecule has 0 unspecified atom stereocenters. The Labute approximate surface area is 152 Å². The number of thioether (sulfide) groups is 1. The van der Waals surface area contributed by atoms with Gasteiger partial charge >= 0.3 is 5.97 Å². The number of carbonyl (C=O) groups excluding carboxylic acids is 3. The maximum absolute atomic E-state index is 12.2. The van der Waals surface area contributed by atoms with E-state index in [4.69, 9.17) is 4.74 Å². The Morgan fingerprint density at radius 3 is 2.23 bits per heavy atom. The lowest BCUT2D eigenvalue weighted by molar-refractivity contribution is -0.132. The van der Waals surface area contributed by atoms with E-state index in [-0.39, 0.29) is 12.0 Å². The minimum atomic E-state index is -2.55. The Morgan fingerprint density at radius 2 is 1.62 bits per heavy atom. The molecule has 136 valence electrons. The number of benzene rings is 2. The first kappa shape index (κ1) is 19.6. The molecule has 2 aromatic rings. The van der Waals surface area contributed by atoms with Crippen LogP contribution in [0.3, 0.4) is 0 Å². The number of rotatable bonds is 7. The molecular weight excluding hydrogens is 364 g/mol. The average Bonchev–Trinajstić information content (AvgIpc) is 2.60. The highest BCUT2D eigenvalue weighted by atomic mass is 32.2. The first-order valence-corrected chi connectivity index (χ1v) is 8.40. The molecule has 2 rings (SSSR count). The second-order valence-electron chi connectivity index (χ2n) is 5.11. The largest absolute Gasteiger partial charge is 0.452 e. The molecule has 0 saturated heterocycles. The molecule has 0 saturated carbocycles. The summed E-state index contributed by atoms with van der Waals surface area (Å²) in [6.07, 6.45) is 0.0315. The lowest BCUT2D eigenvalue weighted by Crippen LogP contribution is -2.35. The van der Waals surface area contributed by atoms with Gasteiger partial charge in [-0.15, -0.1) is 0 Å². The Balaban J connectivity index is 1.77. The van der Waals surface area contributed by atoms with Gasteiger partial charge in [-0.3, -0.25) is 14.9 Å². The number of alkyl halides is 2. The highest BCUT2D eigenvalue weighted by Gasteiger charge is 2.13. The van der Waals surface area contributed by atoms with E-state index in [9.17, 15) is 23.2 Å². The van der Waals surface area contributed by atoms with Crippen molar-refractivity contribution in [2.45, 2.75) is 17.1 Å². The van der Waals surface area contributed by atoms with E-state index in [0.29, 0.717) is 16.7 Å². The number of hydrogen-bond donors (Lipinski definition) is 1. The van der Waals surface area contributed by atoms with Crippen molar-refractivity contribution in [3.8, 4) is 0 Å². The summed E-state index contributed by atoms with van der Waals surface area (Å²) in [5.41, 5.74) is 0.864. The van der Waals surface area contributed by atoms with Crippen LogP contribution in [0.25, 0.3) is 0 Å². The van der Waals surface area contributed by atoms with Crippen LogP contribution >= 0.6 is 11.8 Å². The Kier molecular flexibility index (Phi) is 7.28. The van der Waals surface area contributed by atoms with E-state index >= 15 is 0 Å². The average molecular weight is 379 g/mol. The van der Waals surface area contributed by atoms with Crippen molar-refractivity contribution in [2.75, 3.05) is 6.61 Å². The Hall–Kier alpha value is -2.74. The maximum Gasteiger partial charge on any atom is 0.338 e. The highest BCUT2D eigenvalue weighted by molar-refractivity contribution is 7.99. The van der Waals surface area contributed by atoms with Gasteiger partial charge in [0.1, 0.15) is 0 Å².